The third-order valence-corrected chi connectivity index (χ3v) is 5.44. The van der Waals surface area contributed by atoms with Crippen LogP contribution < -0.4 is 31.6 Å². The van der Waals surface area contributed by atoms with Crippen LogP contribution in [0.5, 0.6) is 5.88 Å². The summed E-state index contributed by atoms with van der Waals surface area (Å²) < 4.78 is 33.4. The van der Waals surface area contributed by atoms with Gasteiger partial charge in [0.05, 0.1) is 17.9 Å². The molecule has 0 aliphatic carbocycles. The number of nitrogens with zero attached hydrogens (tertiary/aromatic N) is 4. The summed E-state index contributed by atoms with van der Waals surface area (Å²) in [6.45, 7) is -0.418. The SMILES string of the molecule is NC(=O)N1CN(C(N)=O)c2cc(Cn3cnc(OCc4ccc(F)cc4F)c(Cl)c3=O)ccc21. The maximum absolute atomic E-state index is 13.8. The van der Waals surface area contributed by atoms with Gasteiger partial charge in [0.15, 0.2) is 5.02 Å². The molecule has 1 aliphatic rings. The predicted octanol–water partition coefficient (Wildman–Crippen LogP) is 2.54. The summed E-state index contributed by atoms with van der Waals surface area (Å²) in [6, 6.07) is 6.28. The van der Waals surface area contributed by atoms with Crippen LogP contribution in [-0.2, 0) is 13.2 Å². The minimum atomic E-state index is -0.805. The zero-order chi connectivity index (χ0) is 24.6. The highest BCUT2D eigenvalue weighted by molar-refractivity contribution is 6.31. The average molecular weight is 491 g/mol. The molecule has 3 aromatic rings. The second-order valence-corrected chi connectivity index (χ2v) is 7.70. The lowest BCUT2D eigenvalue weighted by Gasteiger charge is -2.15. The summed E-state index contributed by atoms with van der Waals surface area (Å²) in [4.78, 5) is 42.5. The average Bonchev–Trinajstić information content (AvgIpc) is 3.17. The Hall–Kier alpha value is -4.19. The van der Waals surface area contributed by atoms with Crippen LogP contribution >= 0.6 is 11.6 Å². The van der Waals surface area contributed by atoms with Crippen molar-refractivity contribution in [3.63, 3.8) is 0 Å². The number of rotatable bonds is 5. The fourth-order valence-electron chi connectivity index (χ4n) is 3.43. The van der Waals surface area contributed by atoms with Crippen molar-refractivity contribution in [3.8, 4) is 5.88 Å². The van der Waals surface area contributed by atoms with E-state index in [-0.39, 0.29) is 36.3 Å². The van der Waals surface area contributed by atoms with Gasteiger partial charge in [-0.1, -0.05) is 17.7 Å². The van der Waals surface area contributed by atoms with Crippen LogP contribution in [0.2, 0.25) is 5.02 Å². The summed E-state index contributed by atoms with van der Waals surface area (Å²) in [7, 11) is 0. The van der Waals surface area contributed by atoms with Gasteiger partial charge in [0, 0.05) is 11.6 Å². The van der Waals surface area contributed by atoms with Gasteiger partial charge < -0.3 is 16.2 Å². The van der Waals surface area contributed by atoms with Crippen LogP contribution in [0.25, 0.3) is 0 Å². The molecule has 0 saturated carbocycles. The maximum atomic E-state index is 13.8. The predicted molar refractivity (Wildman–Crippen MR) is 119 cm³/mol. The lowest BCUT2D eigenvalue weighted by molar-refractivity contribution is 0.252. The number of hydrogen-bond donors (Lipinski definition) is 2. The van der Waals surface area contributed by atoms with Crippen LogP contribution in [0.4, 0.5) is 29.7 Å². The van der Waals surface area contributed by atoms with Crippen LogP contribution in [0.3, 0.4) is 0 Å². The van der Waals surface area contributed by atoms with Crippen molar-refractivity contribution in [2.24, 2.45) is 11.5 Å². The summed E-state index contributed by atoms with van der Waals surface area (Å²) in [5, 5.41) is -0.329. The van der Waals surface area contributed by atoms with Gasteiger partial charge in [0.2, 0.25) is 5.88 Å². The Morgan fingerprint density at radius 3 is 2.44 bits per heavy atom. The fraction of sp³-hybridized carbons (Fsp3) is 0.143. The van der Waals surface area contributed by atoms with Crippen LogP contribution in [0.15, 0.2) is 47.5 Å². The van der Waals surface area contributed by atoms with E-state index in [4.69, 9.17) is 27.8 Å². The Labute approximate surface area is 195 Å². The van der Waals surface area contributed by atoms with E-state index in [1.165, 1.54) is 26.8 Å². The molecule has 10 nitrogen and oxygen atoms in total. The van der Waals surface area contributed by atoms with Gasteiger partial charge in [-0.15, -0.1) is 0 Å². The van der Waals surface area contributed by atoms with E-state index in [0.717, 1.165) is 6.07 Å². The number of ether oxygens (including phenoxy) is 1. The number of benzene rings is 2. The molecule has 4 N–H and O–H groups in total. The molecule has 0 fully saturated rings. The molecule has 2 heterocycles. The van der Waals surface area contributed by atoms with E-state index in [1.807, 2.05) is 0 Å². The molecule has 0 saturated heterocycles. The minimum absolute atomic E-state index is 0.0227. The van der Waals surface area contributed by atoms with Crippen molar-refractivity contribution < 1.29 is 23.1 Å². The number of fused-ring (bicyclic) bond motifs is 1. The number of hydrogen-bond acceptors (Lipinski definition) is 5. The van der Waals surface area contributed by atoms with Gasteiger partial charge in [0.1, 0.15) is 31.2 Å². The molecule has 0 atom stereocenters. The minimum Gasteiger partial charge on any atom is -0.471 e. The molecule has 0 radical (unpaired) electrons. The molecule has 13 heteroatoms. The number of aromatic nitrogens is 2. The van der Waals surface area contributed by atoms with Gasteiger partial charge in [-0.05, 0) is 29.8 Å². The van der Waals surface area contributed by atoms with Gasteiger partial charge in [-0.25, -0.2) is 23.4 Å². The largest absolute Gasteiger partial charge is 0.471 e. The van der Waals surface area contributed by atoms with E-state index in [2.05, 4.69) is 4.98 Å². The van der Waals surface area contributed by atoms with Crippen LogP contribution in [-0.4, -0.2) is 28.3 Å². The van der Waals surface area contributed by atoms with Crippen molar-refractivity contribution in [3.05, 3.63) is 80.9 Å². The number of primary amides is 2. The number of halogens is 3. The first-order chi connectivity index (χ1) is 16.2. The maximum Gasteiger partial charge on any atom is 0.320 e. The highest BCUT2D eigenvalue weighted by atomic mass is 35.5. The highest BCUT2D eigenvalue weighted by Crippen LogP contribution is 2.36. The Bertz CT molecular complexity index is 1370. The first kappa shape index (κ1) is 23.0. The number of anilines is 2. The topological polar surface area (TPSA) is 137 Å². The molecule has 4 amide bonds. The number of carbonyl (C=O) groups excluding carboxylic acids is 2. The Morgan fingerprint density at radius 2 is 1.76 bits per heavy atom. The standard InChI is InChI=1S/C21H17ClF2N6O4/c22-17-18(34-8-12-2-3-13(23)6-14(12)24)27-9-28(19(17)31)7-11-1-4-15-16(5-11)30(21(26)33)10-29(15)20(25)32/h1-6,9H,7-8,10H2,(H2,25,32)(H2,26,33). The summed E-state index contributed by atoms with van der Waals surface area (Å²) in [5.74, 6) is -1.74. The molecular weight excluding hydrogens is 474 g/mol. The Morgan fingerprint density at radius 1 is 1.06 bits per heavy atom. The van der Waals surface area contributed by atoms with Crippen molar-refractivity contribution >= 4 is 35.0 Å². The van der Waals surface area contributed by atoms with Crippen molar-refractivity contribution in [1.82, 2.24) is 9.55 Å². The lowest BCUT2D eigenvalue weighted by Crippen LogP contribution is -2.43. The quantitative estimate of drug-likeness (QED) is 0.566. The zero-order valence-electron chi connectivity index (χ0n) is 17.4. The number of amides is 4. The normalized spacial score (nSPS) is 12.6. The summed E-state index contributed by atoms with van der Waals surface area (Å²) >= 11 is 6.11. The monoisotopic (exact) mass is 490 g/mol. The number of urea groups is 2. The molecule has 34 heavy (non-hydrogen) atoms. The highest BCUT2D eigenvalue weighted by Gasteiger charge is 2.32. The van der Waals surface area contributed by atoms with E-state index in [0.29, 0.717) is 23.0 Å². The van der Waals surface area contributed by atoms with Crippen LogP contribution in [0.1, 0.15) is 11.1 Å². The number of nitrogens with two attached hydrogens (primary N) is 2. The third kappa shape index (κ3) is 4.35. The molecule has 0 spiro atoms. The summed E-state index contributed by atoms with van der Waals surface area (Å²) in [5.41, 5.74) is 11.5. The zero-order valence-corrected chi connectivity index (χ0v) is 18.1. The van der Waals surface area contributed by atoms with E-state index in [1.54, 1.807) is 18.2 Å². The lowest BCUT2D eigenvalue weighted by atomic mass is 10.1. The van der Waals surface area contributed by atoms with E-state index in [9.17, 15) is 23.2 Å². The Balaban J connectivity index is 1.55. The molecule has 2 aromatic carbocycles. The Kier molecular flexibility index (Phi) is 6.07. The first-order valence-electron chi connectivity index (χ1n) is 9.74. The van der Waals surface area contributed by atoms with E-state index >= 15 is 0 Å². The van der Waals surface area contributed by atoms with Crippen molar-refractivity contribution in [2.75, 3.05) is 16.5 Å². The van der Waals surface area contributed by atoms with Crippen molar-refractivity contribution in [2.45, 2.75) is 13.2 Å². The molecular formula is C21H17ClF2N6O4. The molecule has 1 aromatic heterocycles. The second kappa shape index (κ2) is 8.98. The van der Waals surface area contributed by atoms with Gasteiger partial charge >= 0.3 is 12.1 Å². The van der Waals surface area contributed by atoms with Crippen LogP contribution in [0, 0.1) is 11.6 Å². The number of carbonyl (C=O) groups is 2. The molecule has 4 rings (SSSR count). The van der Waals surface area contributed by atoms with Gasteiger partial charge in [0.25, 0.3) is 5.56 Å². The first-order valence-corrected chi connectivity index (χ1v) is 10.1. The summed E-state index contributed by atoms with van der Waals surface area (Å²) in [6.07, 6.45) is 1.19. The molecule has 1 aliphatic heterocycles. The molecule has 0 unspecified atom stereocenters. The third-order valence-electron chi connectivity index (χ3n) is 5.12. The van der Waals surface area contributed by atoms with E-state index < -0.39 is 29.3 Å². The molecule has 176 valence electrons. The molecule has 0 bridgehead atoms. The van der Waals surface area contributed by atoms with Gasteiger partial charge in [-0.3, -0.25) is 19.2 Å². The second-order valence-electron chi connectivity index (χ2n) is 7.32. The van der Waals surface area contributed by atoms with Gasteiger partial charge in [-0.2, -0.15) is 0 Å². The smallest absolute Gasteiger partial charge is 0.320 e. The fourth-order valence-corrected chi connectivity index (χ4v) is 3.64. The van der Waals surface area contributed by atoms with Crippen molar-refractivity contribution in [1.29, 1.82) is 0 Å².